The first-order chi connectivity index (χ1) is 9.16. The van der Waals surface area contributed by atoms with Crippen molar-refractivity contribution in [3.63, 3.8) is 0 Å². The van der Waals surface area contributed by atoms with E-state index in [-0.39, 0.29) is 5.78 Å². The number of rotatable bonds is 2. The van der Waals surface area contributed by atoms with Gasteiger partial charge in [0.25, 0.3) is 5.78 Å². The maximum Gasteiger partial charge on any atom is 0.354 e. The van der Waals surface area contributed by atoms with Crippen LogP contribution in [0.3, 0.4) is 0 Å². The van der Waals surface area contributed by atoms with Crippen LogP contribution in [0.15, 0.2) is 41.3 Å². The largest absolute Gasteiger partial charge is 0.354 e. The molecule has 94 valence electrons. The molecule has 1 aromatic carbocycles. The van der Waals surface area contributed by atoms with Crippen LogP contribution in [0, 0.1) is 10.1 Å². The van der Waals surface area contributed by atoms with Gasteiger partial charge in [0, 0.05) is 5.56 Å². The second-order valence-electron chi connectivity index (χ2n) is 3.78. The molecule has 19 heavy (non-hydrogen) atoms. The number of nitro groups is 1. The number of aromatic amines is 1. The van der Waals surface area contributed by atoms with Crippen molar-refractivity contribution in [1.29, 1.82) is 0 Å². The summed E-state index contributed by atoms with van der Waals surface area (Å²) in [6, 6.07) is 9.10. The van der Waals surface area contributed by atoms with Gasteiger partial charge in [-0.2, -0.15) is 9.50 Å². The fraction of sp³-hybridized carbons (Fsp3) is 0. The molecule has 3 aromatic rings. The number of H-pyrrole nitrogens is 1. The normalized spacial score (nSPS) is 10.7. The highest BCUT2D eigenvalue weighted by molar-refractivity contribution is 5.56. The molecule has 2 heterocycles. The predicted molar refractivity (Wildman–Crippen MR) is 65.7 cm³/mol. The Balaban J connectivity index is 2.25. The number of benzene rings is 1. The zero-order valence-corrected chi connectivity index (χ0v) is 9.48. The number of nitrogens with zero attached hydrogens (tertiary/aromatic N) is 4. The molecule has 0 saturated heterocycles. The highest BCUT2D eigenvalue weighted by atomic mass is 16.6. The molecule has 3 rings (SSSR count). The van der Waals surface area contributed by atoms with E-state index in [1.807, 2.05) is 18.2 Å². The maximum absolute atomic E-state index is 11.8. The van der Waals surface area contributed by atoms with E-state index in [4.69, 9.17) is 0 Å². The van der Waals surface area contributed by atoms with Crippen molar-refractivity contribution >= 4 is 11.5 Å². The summed E-state index contributed by atoms with van der Waals surface area (Å²) in [4.78, 5) is 29.6. The number of fused-ring (bicyclic) bond motifs is 1. The fourth-order valence-electron chi connectivity index (χ4n) is 1.70. The molecule has 0 amide bonds. The Hall–Kier alpha value is -3.03. The molecule has 0 bridgehead atoms. The van der Waals surface area contributed by atoms with E-state index in [1.165, 1.54) is 0 Å². The number of hydrogen-bond acceptors (Lipinski definition) is 5. The Labute approximate surface area is 105 Å². The maximum atomic E-state index is 11.8. The van der Waals surface area contributed by atoms with Crippen LogP contribution in [0.5, 0.6) is 0 Å². The van der Waals surface area contributed by atoms with Crippen LogP contribution < -0.4 is 5.56 Å². The van der Waals surface area contributed by atoms with Gasteiger partial charge in [0.15, 0.2) is 5.82 Å². The smallest absolute Gasteiger partial charge is 0.271 e. The lowest BCUT2D eigenvalue weighted by atomic mass is 10.2. The molecule has 0 aliphatic heterocycles. The van der Waals surface area contributed by atoms with E-state index in [1.54, 1.807) is 12.1 Å². The molecule has 0 fully saturated rings. The minimum Gasteiger partial charge on any atom is -0.271 e. The van der Waals surface area contributed by atoms with Crippen molar-refractivity contribution < 1.29 is 4.92 Å². The van der Waals surface area contributed by atoms with Crippen molar-refractivity contribution in [2.24, 2.45) is 0 Å². The topological polar surface area (TPSA) is 106 Å². The summed E-state index contributed by atoms with van der Waals surface area (Å²) in [5, 5.41) is 13.4. The monoisotopic (exact) mass is 257 g/mol. The minimum atomic E-state index is -0.787. The second-order valence-corrected chi connectivity index (χ2v) is 3.78. The summed E-state index contributed by atoms with van der Waals surface area (Å²) < 4.78 is 0.959. The second kappa shape index (κ2) is 4.02. The molecule has 1 N–H and O–H groups in total. The number of hydrogen-bond donors (Lipinski definition) is 1. The van der Waals surface area contributed by atoms with Crippen LogP contribution in [-0.4, -0.2) is 24.5 Å². The Morgan fingerprint density at radius 2 is 2.00 bits per heavy atom. The van der Waals surface area contributed by atoms with Gasteiger partial charge in [-0.15, -0.1) is 0 Å². The van der Waals surface area contributed by atoms with Crippen LogP contribution >= 0.6 is 0 Å². The number of aromatic nitrogens is 4. The molecule has 0 saturated carbocycles. The number of nitrogens with one attached hydrogen (secondary N) is 1. The molecule has 0 aliphatic rings. The van der Waals surface area contributed by atoms with Crippen LogP contribution in [0.1, 0.15) is 0 Å². The molecular weight excluding hydrogens is 250 g/mol. The van der Waals surface area contributed by atoms with E-state index < -0.39 is 16.2 Å². The summed E-state index contributed by atoms with van der Waals surface area (Å²) in [6.45, 7) is 0. The lowest BCUT2D eigenvalue weighted by molar-refractivity contribution is -0.386. The highest BCUT2D eigenvalue weighted by Crippen LogP contribution is 2.14. The summed E-state index contributed by atoms with van der Waals surface area (Å²) in [6.07, 6.45) is 0.910. The molecule has 0 atom stereocenters. The average molecular weight is 257 g/mol. The predicted octanol–water partition coefficient (Wildman–Crippen LogP) is 0.993. The standard InChI is InChI=1S/C11H7N5O3/c17-10-8(16(18)19)6-12-11-13-9(14-15(10)11)7-4-2-1-3-5-7/h1-6H,(H,12,13,14). The molecule has 0 radical (unpaired) electrons. The first kappa shape index (κ1) is 11.1. The fourth-order valence-corrected chi connectivity index (χ4v) is 1.70. The van der Waals surface area contributed by atoms with Gasteiger partial charge < -0.3 is 0 Å². The molecular formula is C11H7N5O3. The summed E-state index contributed by atoms with van der Waals surface area (Å²) in [5.41, 5.74) is -0.625. The first-order valence-electron chi connectivity index (χ1n) is 5.34. The lowest BCUT2D eigenvalue weighted by Gasteiger charge is -1.93. The third-order valence-corrected chi connectivity index (χ3v) is 2.60. The van der Waals surface area contributed by atoms with Crippen LogP contribution in [-0.2, 0) is 0 Å². The highest BCUT2D eigenvalue weighted by Gasteiger charge is 2.17. The summed E-state index contributed by atoms with van der Waals surface area (Å²) in [7, 11) is 0. The van der Waals surface area contributed by atoms with Crippen LogP contribution in [0.25, 0.3) is 17.2 Å². The van der Waals surface area contributed by atoms with Crippen molar-refractivity contribution in [3.05, 3.63) is 57.0 Å². The van der Waals surface area contributed by atoms with Gasteiger partial charge in [0.05, 0.1) is 4.92 Å². The third-order valence-electron chi connectivity index (χ3n) is 2.60. The zero-order valence-electron chi connectivity index (χ0n) is 9.48. The van der Waals surface area contributed by atoms with Crippen LogP contribution in [0.4, 0.5) is 5.69 Å². The van der Waals surface area contributed by atoms with Crippen molar-refractivity contribution in [1.82, 2.24) is 19.6 Å². The Morgan fingerprint density at radius 3 is 2.68 bits per heavy atom. The Morgan fingerprint density at radius 1 is 1.26 bits per heavy atom. The van der Waals surface area contributed by atoms with Gasteiger partial charge in [0.1, 0.15) is 6.20 Å². The first-order valence-corrected chi connectivity index (χ1v) is 5.34. The quantitative estimate of drug-likeness (QED) is 0.544. The van der Waals surface area contributed by atoms with Crippen molar-refractivity contribution in [2.75, 3.05) is 0 Å². The van der Waals surface area contributed by atoms with Gasteiger partial charge in [-0.3, -0.25) is 20.0 Å². The van der Waals surface area contributed by atoms with Gasteiger partial charge in [-0.25, -0.2) is 4.98 Å². The van der Waals surface area contributed by atoms with Gasteiger partial charge >= 0.3 is 11.2 Å². The molecule has 0 spiro atoms. The van der Waals surface area contributed by atoms with Crippen molar-refractivity contribution in [3.8, 4) is 11.4 Å². The minimum absolute atomic E-state index is 0.0921. The van der Waals surface area contributed by atoms with E-state index in [9.17, 15) is 14.9 Å². The molecule has 8 nitrogen and oxygen atoms in total. The van der Waals surface area contributed by atoms with E-state index in [2.05, 4.69) is 15.1 Å². The third kappa shape index (κ3) is 1.75. The average Bonchev–Trinajstić information content (AvgIpc) is 2.85. The lowest BCUT2D eigenvalue weighted by Crippen LogP contribution is -2.18. The summed E-state index contributed by atoms with van der Waals surface area (Å²) in [5.74, 6) is 0.514. The van der Waals surface area contributed by atoms with Gasteiger partial charge in [-0.1, -0.05) is 30.3 Å². The SMILES string of the molecule is O=c1c([N+](=O)[O-])cnc2nc(-c3ccccc3)[nH]n12. The Bertz CT molecular complexity index is 821. The molecule has 0 aliphatic carbocycles. The molecule has 0 unspecified atom stereocenters. The Kier molecular flexibility index (Phi) is 2.34. The van der Waals surface area contributed by atoms with Crippen molar-refractivity contribution in [2.45, 2.75) is 0 Å². The molecule has 8 heteroatoms. The van der Waals surface area contributed by atoms with E-state index >= 15 is 0 Å². The van der Waals surface area contributed by atoms with E-state index in [0.29, 0.717) is 5.82 Å². The molecule has 2 aromatic heterocycles. The zero-order chi connectivity index (χ0) is 13.4. The van der Waals surface area contributed by atoms with E-state index in [0.717, 1.165) is 16.3 Å². The summed E-state index contributed by atoms with van der Waals surface area (Å²) >= 11 is 0. The van der Waals surface area contributed by atoms with Gasteiger partial charge in [0.2, 0.25) is 0 Å². The van der Waals surface area contributed by atoms with Crippen LogP contribution in [0.2, 0.25) is 0 Å². The van der Waals surface area contributed by atoms with Gasteiger partial charge in [-0.05, 0) is 0 Å².